The maximum Gasteiger partial charge on any atom is 0.275 e. The summed E-state index contributed by atoms with van der Waals surface area (Å²) in [6.07, 6.45) is 1.62. The number of aromatic hydroxyl groups is 1. The molecule has 0 fully saturated rings. The molecule has 5 nitrogen and oxygen atoms in total. The Morgan fingerprint density at radius 2 is 1.82 bits per heavy atom. The number of hydrazone groups is 1. The number of carbonyl (C=O) groups is 1. The third kappa shape index (κ3) is 4.02. The van der Waals surface area contributed by atoms with Crippen LogP contribution in [0.25, 0.3) is 5.69 Å². The van der Waals surface area contributed by atoms with Gasteiger partial charge in [-0.25, -0.2) is 5.43 Å². The van der Waals surface area contributed by atoms with Gasteiger partial charge in [-0.15, -0.1) is 0 Å². The minimum absolute atomic E-state index is 0.0937. The first kappa shape index (κ1) is 19.9. The van der Waals surface area contributed by atoms with Crippen molar-refractivity contribution in [1.29, 1.82) is 0 Å². The molecule has 0 saturated heterocycles. The van der Waals surface area contributed by atoms with Crippen LogP contribution in [0.1, 0.15) is 38.4 Å². The van der Waals surface area contributed by atoms with Gasteiger partial charge in [0.15, 0.2) is 0 Å². The first-order chi connectivity index (χ1) is 13.3. The van der Waals surface area contributed by atoms with Crippen LogP contribution >= 0.6 is 15.9 Å². The number of nitrogens with one attached hydrogen (secondary N) is 1. The van der Waals surface area contributed by atoms with Gasteiger partial charge in [0, 0.05) is 27.1 Å². The number of phenolic OH excluding ortho intramolecular Hbond substituents is 1. The highest BCUT2D eigenvalue weighted by molar-refractivity contribution is 9.10. The van der Waals surface area contributed by atoms with Gasteiger partial charge in [0.25, 0.3) is 5.91 Å². The Balaban J connectivity index is 1.82. The monoisotopic (exact) mass is 439 g/mol. The molecule has 0 spiro atoms. The number of aromatic nitrogens is 1. The van der Waals surface area contributed by atoms with Gasteiger partial charge in [-0.3, -0.25) is 4.79 Å². The van der Waals surface area contributed by atoms with Gasteiger partial charge in [0.1, 0.15) is 5.75 Å². The third-order valence-electron chi connectivity index (χ3n) is 4.79. The molecule has 0 aliphatic heterocycles. The van der Waals surface area contributed by atoms with Crippen LogP contribution in [-0.4, -0.2) is 21.8 Å². The molecule has 3 aromatic rings. The molecule has 0 radical (unpaired) electrons. The number of hydrogen-bond acceptors (Lipinski definition) is 3. The molecule has 28 heavy (non-hydrogen) atoms. The first-order valence-corrected chi connectivity index (χ1v) is 9.65. The van der Waals surface area contributed by atoms with Crippen molar-refractivity contribution in [3.8, 4) is 11.4 Å². The maximum absolute atomic E-state index is 12.2. The van der Waals surface area contributed by atoms with Gasteiger partial charge in [-0.2, -0.15) is 5.10 Å². The van der Waals surface area contributed by atoms with Crippen molar-refractivity contribution in [2.45, 2.75) is 27.7 Å². The molecule has 6 heteroatoms. The lowest BCUT2D eigenvalue weighted by atomic mass is 10.1. The largest absolute Gasteiger partial charge is 0.507 e. The van der Waals surface area contributed by atoms with E-state index in [0.717, 1.165) is 22.6 Å². The number of hydrogen-bond donors (Lipinski definition) is 2. The standard InChI is InChI=1S/C22H22BrN3O2/c1-13-5-7-19(9-14(13)2)26-15(3)10-17(16(26)4)12-24-25-22(28)20-11-18(23)6-8-21(20)27/h5-12,27H,1-4H3,(H,25,28)/b24-12+. The number of halogens is 1. The predicted octanol–water partition coefficient (Wildman–Crippen LogP) is 4.94. The van der Waals surface area contributed by atoms with Crippen LogP contribution in [0.2, 0.25) is 0 Å². The summed E-state index contributed by atoms with van der Waals surface area (Å²) in [5.41, 5.74) is 9.24. The summed E-state index contributed by atoms with van der Waals surface area (Å²) in [7, 11) is 0. The first-order valence-electron chi connectivity index (χ1n) is 8.86. The SMILES string of the molecule is Cc1ccc(-n2c(C)cc(/C=N/NC(=O)c3cc(Br)ccc3O)c2C)cc1C. The fourth-order valence-corrected chi connectivity index (χ4v) is 3.45. The number of benzene rings is 2. The Hall–Kier alpha value is -2.86. The van der Waals surface area contributed by atoms with E-state index in [9.17, 15) is 9.90 Å². The predicted molar refractivity (Wildman–Crippen MR) is 116 cm³/mol. The molecule has 0 bridgehead atoms. The molecule has 1 heterocycles. The maximum atomic E-state index is 12.2. The van der Waals surface area contributed by atoms with Crippen LogP contribution in [0.4, 0.5) is 0 Å². The molecule has 0 saturated carbocycles. The van der Waals surface area contributed by atoms with Crippen LogP contribution in [0.3, 0.4) is 0 Å². The van der Waals surface area contributed by atoms with E-state index in [2.05, 4.69) is 63.1 Å². The average molecular weight is 440 g/mol. The fraction of sp³-hybridized carbons (Fsp3) is 0.182. The fourth-order valence-electron chi connectivity index (χ4n) is 3.09. The summed E-state index contributed by atoms with van der Waals surface area (Å²) in [5, 5.41) is 13.9. The summed E-state index contributed by atoms with van der Waals surface area (Å²) in [6, 6.07) is 13.1. The Morgan fingerprint density at radius 3 is 2.54 bits per heavy atom. The Labute approximate surface area is 172 Å². The highest BCUT2D eigenvalue weighted by Gasteiger charge is 2.12. The lowest BCUT2D eigenvalue weighted by Crippen LogP contribution is -2.17. The number of aryl methyl sites for hydroxylation is 3. The van der Waals surface area contributed by atoms with Gasteiger partial charge in [0.2, 0.25) is 0 Å². The van der Waals surface area contributed by atoms with E-state index in [-0.39, 0.29) is 11.3 Å². The van der Waals surface area contributed by atoms with Crippen LogP contribution in [0.15, 0.2) is 52.0 Å². The van der Waals surface area contributed by atoms with E-state index in [1.54, 1.807) is 18.3 Å². The molecule has 144 valence electrons. The summed E-state index contributed by atoms with van der Waals surface area (Å²) < 4.78 is 2.87. The lowest BCUT2D eigenvalue weighted by Gasteiger charge is -2.11. The van der Waals surface area contributed by atoms with E-state index in [1.807, 2.05) is 19.9 Å². The molecule has 3 rings (SSSR count). The quantitative estimate of drug-likeness (QED) is 0.446. The second-order valence-electron chi connectivity index (χ2n) is 6.79. The van der Waals surface area contributed by atoms with Crippen molar-refractivity contribution >= 4 is 28.1 Å². The molecular weight excluding hydrogens is 418 g/mol. The van der Waals surface area contributed by atoms with Crippen LogP contribution in [-0.2, 0) is 0 Å². The van der Waals surface area contributed by atoms with Crippen LogP contribution in [0.5, 0.6) is 5.75 Å². The van der Waals surface area contributed by atoms with Gasteiger partial charge in [0.05, 0.1) is 11.8 Å². The number of phenols is 1. The zero-order valence-corrected chi connectivity index (χ0v) is 17.8. The van der Waals surface area contributed by atoms with Crippen molar-refractivity contribution in [3.05, 3.63) is 80.6 Å². The number of carbonyl (C=O) groups excluding carboxylic acids is 1. The minimum atomic E-state index is -0.474. The van der Waals surface area contributed by atoms with Gasteiger partial charge < -0.3 is 9.67 Å². The highest BCUT2D eigenvalue weighted by atomic mass is 79.9. The normalized spacial score (nSPS) is 11.2. The number of rotatable bonds is 4. The molecule has 2 N–H and O–H groups in total. The molecule has 0 unspecified atom stereocenters. The summed E-state index contributed by atoms with van der Waals surface area (Å²) >= 11 is 3.29. The second kappa shape index (κ2) is 8.02. The van der Waals surface area contributed by atoms with Crippen molar-refractivity contribution in [2.24, 2.45) is 5.10 Å². The second-order valence-corrected chi connectivity index (χ2v) is 7.71. The Kier molecular flexibility index (Phi) is 5.70. The van der Waals surface area contributed by atoms with Gasteiger partial charge >= 0.3 is 0 Å². The minimum Gasteiger partial charge on any atom is -0.507 e. The van der Waals surface area contributed by atoms with Crippen molar-refractivity contribution in [1.82, 2.24) is 9.99 Å². The highest BCUT2D eigenvalue weighted by Crippen LogP contribution is 2.23. The summed E-state index contributed by atoms with van der Waals surface area (Å²) in [6.45, 7) is 8.25. The average Bonchev–Trinajstić information content (AvgIpc) is 2.93. The van der Waals surface area contributed by atoms with Crippen LogP contribution in [0, 0.1) is 27.7 Å². The lowest BCUT2D eigenvalue weighted by molar-refractivity contribution is 0.0952. The molecule has 1 amide bonds. The zero-order valence-electron chi connectivity index (χ0n) is 16.2. The van der Waals surface area contributed by atoms with E-state index < -0.39 is 5.91 Å². The van der Waals surface area contributed by atoms with E-state index >= 15 is 0 Å². The van der Waals surface area contributed by atoms with Crippen molar-refractivity contribution < 1.29 is 9.90 Å². The molecule has 2 aromatic carbocycles. The topological polar surface area (TPSA) is 66.6 Å². The molecule has 0 aliphatic rings. The van der Waals surface area contributed by atoms with E-state index in [0.29, 0.717) is 4.47 Å². The number of nitrogens with zero attached hydrogens (tertiary/aromatic N) is 2. The Morgan fingerprint density at radius 1 is 1.07 bits per heavy atom. The third-order valence-corrected chi connectivity index (χ3v) is 5.29. The van der Waals surface area contributed by atoms with Crippen molar-refractivity contribution in [3.63, 3.8) is 0 Å². The molecule has 1 aromatic heterocycles. The zero-order chi connectivity index (χ0) is 20.4. The molecular formula is C22H22BrN3O2. The molecule has 0 atom stereocenters. The van der Waals surface area contributed by atoms with E-state index in [4.69, 9.17) is 0 Å². The smallest absolute Gasteiger partial charge is 0.275 e. The summed E-state index contributed by atoms with van der Waals surface area (Å²) in [5.74, 6) is -0.568. The van der Waals surface area contributed by atoms with E-state index in [1.165, 1.54) is 17.2 Å². The van der Waals surface area contributed by atoms with Crippen LogP contribution < -0.4 is 5.43 Å². The summed E-state index contributed by atoms with van der Waals surface area (Å²) in [4.78, 5) is 12.2. The van der Waals surface area contributed by atoms with Crippen molar-refractivity contribution in [2.75, 3.05) is 0 Å². The van der Waals surface area contributed by atoms with Gasteiger partial charge in [-0.05, 0) is 75.2 Å². The van der Waals surface area contributed by atoms with Gasteiger partial charge in [-0.1, -0.05) is 22.0 Å². The Bertz CT molecular complexity index is 1080. The molecule has 0 aliphatic carbocycles. The number of amides is 1.